The number of carbonyl (C=O) groups is 1. The van der Waals surface area contributed by atoms with Crippen molar-refractivity contribution in [1.82, 2.24) is 14.8 Å². The topological polar surface area (TPSA) is 45.7 Å². The number of hydrogen-bond acceptors (Lipinski definition) is 5. The van der Waals surface area contributed by atoms with Gasteiger partial charge < -0.3 is 9.64 Å². The first-order valence-corrected chi connectivity index (χ1v) is 7.66. The molecular formula is C14H19Cl2N3O2. The minimum absolute atomic E-state index is 0.160. The predicted molar refractivity (Wildman–Crippen MR) is 82.6 cm³/mol. The van der Waals surface area contributed by atoms with E-state index in [1.165, 1.54) is 7.11 Å². The van der Waals surface area contributed by atoms with Crippen LogP contribution in [-0.4, -0.2) is 60.6 Å². The summed E-state index contributed by atoms with van der Waals surface area (Å²) in [4.78, 5) is 20.0. The Kier molecular flexibility index (Phi) is 6.23. The molecule has 7 heteroatoms. The van der Waals surface area contributed by atoms with E-state index in [4.69, 9.17) is 23.2 Å². The van der Waals surface area contributed by atoms with Crippen molar-refractivity contribution >= 4 is 29.2 Å². The first-order valence-electron chi connectivity index (χ1n) is 6.91. The second kappa shape index (κ2) is 7.94. The maximum atomic E-state index is 11.1. The summed E-state index contributed by atoms with van der Waals surface area (Å²) in [5.74, 6) is -0.160. The van der Waals surface area contributed by atoms with Gasteiger partial charge in [0.05, 0.1) is 24.2 Å². The number of halogens is 2. The van der Waals surface area contributed by atoms with Gasteiger partial charge in [0.2, 0.25) is 0 Å². The summed E-state index contributed by atoms with van der Waals surface area (Å²) in [5, 5.41) is 1.11. The Balaban J connectivity index is 1.79. The van der Waals surface area contributed by atoms with Crippen molar-refractivity contribution in [3.63, 3.8) is 0 Å². The van der Waals surface area contributed by atoms with Crippen LogP contribution in [0.1, 0.15) is 12.1 Å². The molecular weight excluding hydrogens is 313 g/mol. The number of piperazine rings is 1. The standard InChI is InChI=1S/C14H19Cl2N3O2/c1-21-14(20)4-5-18-6-8-19(9-7-18)10-12-11(15)2-3-13(16)17-12/h2-3H,4-10H2,1H3. The molecule has 1 aliphatic heterocycles. The lowest BCUT2D eigenvalue weighted by atomic mass is 10.2. The molecule has 2 rings (SSSR count). The Morgan fingerprint density at radius 2 is 1.90 bits per heavy atom. The number of aromatic nitrogens is 1. The summed E-state index contributed by atoms with van der Waals surface area (Å²) in [5.41, 5.74) is 0.812. The van der Waals surface area contributed by atoms with Crippen LogP contribution in [0.2, 0.25) is 10.2 Å². The van der Waals surface area contributed by atoms with E-state index in [2.05, 4.69) is 19.5 Å². The predicted octanol–water partition coefficient (Wildman–Crippen LogP) is 2.07. The molecule has 1 fully saturated rings. The molecule has 0 aliphatic carbocycles. The Morgan fingerprint density at radius 3 is 2.57 bits per heavy atom. The fourth-order valence-electron chi connectivity index (χ4n) is 2.30. The lowest BCUT2D eigenvalue weighted by Gasteiger charge is -2.34. The number of carbonyl (C=O) groups excluding carboxylic acids is 1. The van der Waals surface area contributed by atoms with Gasteiger partial charge in [-0.1, -0.05) is 23.2 Å². The van der Waals surface area contributed by atoms with Crippen LogP contribution in [0.25, 0.3) is 0 Å². The summed E-state index contributed by atoms with van der Waals surface area (Å²) in [6, 6.07) is 3.47. The highest BCUT2D eigenvalue weighted by Crippen LogP contribution is 2.19. The zero-order chi connectivity index (χ0) is 15.2. The minimum Gasteiger partial charge on any atom is -0.469 e. The highest BCUT2D eigenvalue weighted by molar-refractivity contribution is 6.32. The minimum atomic E-state index is -0.160. The highest BCUT2D eigenvalue weighted by atomic mass is 35.5. The van der Waals surface area contributed by atoms with Crippen molar-refractivity contribution in [2.24, 2.45) is 0 Å². The molecule has 2 heterocycles. The Morgan fingerprint density at radius 1 is 1.24 bits per heavy atom. The van der Waals surface area contributed by atoms with Gasteiger partial charge in [-0.25, -0.2) is 4.98 Å². The van der Waals surface area contributed by atoms with Crippen molar-refractivity contribution in [3.05, 3.63) is 28.0 Å². The molecule has 0 N–H and O–H groups in total. The molecule has 1 aromatic heterocycles. The molecule has 116 valence electrons. The zero-order valence-corrected chi connectivity index (χ0v) is 13.5. The van der Waals surface area contributed by atoms with E-state index in [-0.39, 0.29) is 5.97 Å². The van der Waals surface area contributed by atoms with Crippen LogP contribution in [0.4, 0.5) is 0 Å². The average molecular weight is 332 g/mol. The number of methoxy groups -OCH3 is 1. The van der Waals surface area contributed by atoms with E-state index in [0.717, 1.165) is 38.4 Å². The van der Waals surface area contributed by atoms with E-state index >= 15 is 0 Å². The van der Waals surface area contributed by atoms with Crippen molar-refractivity contribution in [2.75, 3.05) is 39.8 Å². The van der Waals surface area contributed by atoms with Gasteiger partial charge in [-0.3, -0.25) is 9.69 Å². The Hall–Kier alpha value is -0.880. The number of ether oxygens (including phenoxy) is 1. The van der Waals surface area contributed by atoms with Crippen molar-refractivity contribution in [1.29, 1.82) is 0 Å². The summed E-state index contributed by atoms with van der Waals surface area (Å²) < 4.78 is 4.65. The van der Waals surface area contributed by atoms with Crippen LogP contribution in [-0.2, 0) is 16.1 Å². The molecule has 0 unspecified atom stereocenters. The van der Waals surface area contributed by atoms with E-state index in [9.17, 15) is 4.79 Å². The number of esters is 1. The fourth-order valence-corrected chi connectivity index (χ4v) is 2.63. The number of rotatable bonds is 5. The van der Waals surface area contributed by atoms with Crippen LogP contribution in [0, 0.1) is 0 Å². The fraction of sp³-hybridized carbons (Fsp3) is 0.571. The summed E-state index contributed by atoms with van der Waals surface area (Å²) in [7, 11) is 1.42. The largest absolute Gasteiger partial charge is 0.469 e. The lowest BCUT2D eigenvalue weighted by molar-refractivity contribution is -0.141. The molecule has 0 aromatic carbocycles. The maximum Gasteiger partial charge on any atom is 0.306 e. The lowest BCUT2D eigenvalue weighted by Crippen LogP contribution is -2.46. The molecule has 0 spiro atoms. The van der Waals surface area contributed by atoms with Crippen molar-refractivity contribution in [3.8, 4) is 0 Å². The molecule has 0 atom stereocenters. The molecule has 0 radical (unpaired) electrons. The first-order chi connectivity index (χ1) is 10.1. The van der Waals surface area contributed by atoms with Gasteiger partial charge in [0.15, 0.2) is 0 Å². The van der Waals surface area contributed by atoms with Gasteiger partial charge in [0, 0.05) is 39.3 Å². The van der Waals surface area contributed by atoms with Crippen LogP contribution in [0.15, 0.2) is 12.1 Å². The first kappa shape index (κ1) is 16.5. The molecule has 5 nitrogen and oxygen atoms in total. The third kappa shape index (κ3) is 5.11. The molecule has 0 bridgehead atoms. The second-order valence-corrected chi connectivity index (χ2v) is 5.80. The van der Waals surface area contributed by atoms with Gasteiger partial charge in [-0.15, -0.1) is 0 Å². The van der Waals surface area contributed by atoms with Gasteiger partial charge in [-0.2, -0.15) is 0 Å². The van der Waals surface area contributed by atoms with Crippen LogP contribution < -0.4 is 0 Å². The molecule has 0 amide bonds. The maximum absolute atomic E-state index is 11.1. The quantitative estimate of drug-likeness (QED) is 0.610. The normalized spacial score (nSPS) is 16.9. The third-order valence-electron chi connectivity index (χ3n) is 3.58. The van der Waals surface area contributed by atoms with E-state index < -0.39 is 0 Å². The number of nitrogens with zero attached hydrogens (tertiary/aromatic N) is 3. The summed E-state index contributed by atoms with van der Waals surface area (Å²) >= 11 is 12.0. The van der Waals surface area contributed by atoms with Crippen LogP contribution in [0.5, 0.6) is 0 Å². The smallest absolute Gasteiger partial charge is 0.306 e. The van der Waals surface area contributed by atoms with Crippen molar-refractivity contribution in [2.45, 2.75) is 13.0 Å². The van der Waals surface area contributed by atoms with E-state index in [0.29, 0.717) is 23.1 Å². The van der Waals surface area contributed by atoms with Crippen molar-refractivity contribution < 1.29 is 9.53 Å². The average Bonchev–Trinajstić information content (AvgIpc) is 2.50. The molecule has 1 saturated heterocycles. The van der Waals surface area contributed by atoms with Gasteiger partial charge >= 0.3 is 5.97 Å². The van der Waals surface area contributed by atoms with Gasteiger partial charge in [0.1, 0.15) is 5.15 Å². The van der Waals surface area contributed by atoms with Crippen LogP contribution >= 0.6 is 23.2 Å². The van der Waals surface area contributed by atoms with E-state index in [1.807, 2.05) is 0 Å². The van der Waals surface area contributed by atoms with E-state index in [1.54, 1.807) is 12.1 Å². The molecule has 0 saturated carbocycles. The van der Waals surface area contributed by atoms with Crippen LogP contribution in [0.3, 0.4) is 0 Å². The Bertz CT molecular complexity index is 491. The SMILES string of the molecule is COC(=O)CCN1CCN(Cc2nc(Cl)ccc2Cl)CC1. The second-order valence-electron chi connectivity index (χ2n) is 5.01. The molecule has 21 heavy (non-hydrogen) atoms. The third-order valence-corrected chi connectivity index (χ3v) is 4.14. The summed E-state index contributed by atoms with van der Waals surface area (Å²) in [6.07, 6.45) is 0.443. The summed E-state index contributed by atoms with van der Waals surface area (Å²) in [6.45, 7) is 5.14. The molecule has 1 aromatic rings. The highest BCUT2D eigenvalue weighted by Gasteiger charge is 2.19. The van der Waals surface area contributed by atoms with Gasteiger partial charge in [0.25, 0.3) is 0 Å². The zero-order valence-electron chi connectivity index (χ0n) is 12.0. The number of hydrogen-bond donors (Lipinski definition) is 0. The Labute approximate surface area is 134 Å². The van der Waals surface area contributed by atoms with Gasteiger partial charge in [-0.05, 0) is 12.1 Å². The monoisotopic (exact) mass is 331 g/mol. The number of pyridine rings is 1. The molecule has 1 aliphatic rings.